The molecule has 0 bridgehead atoms. The van der Waals surface area contributed by atoms with Gasteiger partial charge in [-0.25, -0.2) is 0 Å². The van der Waals surface area contributed by atoms with E-state index in [4.69, 9.17) is 4.42 Å². The van der Waals surface area contributed by atoms with Crippen molar-refractivity contribution in [2.45, 2.75) is 23.1 Å². The lowest BCUT2D eigenvalue weighted by molar-refractivity contribution is 0.102. The Morgan fingerprint density at radius 1 is 1.12 bits per heavy atom. The Morgan fingerprint density at radius 3 is 2.65 bits per heavy atom. The third kappa shape index (κ3) is 4.89. The zero-order valence-electron chi connectivity index (χ0n) is 14.6. The molecule has 0 saturated carbocycles. The summed E-state index contributed by atoms with van der Waals surface area (Å²) < 4.78 is 5.55. The molecule has 0 aliphatic heterocycles. The average molecular weight is 386 g/mol. The zero-order valence-corrected chi connectivity index (χ0v) is 16.2. The Balaban J connectivity index is 1.63. The summed E-state index contributed by atoms with van der Waals surface area (Å²) in [6, 6.07) is 15.8. The highest BCUT2D eigenvalue weighted by atomic mass is 32.2. The first-order valence-corrected chi connectivity index (χ1v) is 10.4. The van der Waals surface area contributed by atoms with Gasteiger partial charge in [0.25, 0.3) is 5.91 Å². The highest BCUT2D eigenvalue weighted by Crippen LogP contribution is 2.20. The van der Waals surface area contributed by atoms with Gasteiger partial charge in [0.1, 0.15) is 0 Å². The number of carbonyl (C=O) groups is 1. The minimum Gasteiger partial charge on any atom is -0.407 e. The van der Waals surface area contributed by atoms with Crippen molar-refractivity contribution in [1.82, 2.24) is 10.2 Å². The standard InChI is InChI=1S/C19H19N3O2S2/c1-3-26-15-9-7-13(8-10-15)11-17-21-22-19(24-17)20-18(23)14-5-4-6-16(12-14)25-2/h4-10,12H,3,11H2,1-2H3,(H,20,22,23). The van der Waals surface area contributed by atoms with Crippen molar-refractivity contribution in [3.8, 4) is 0 Å². The molecule has 0 aliphatic carbocycles. The zero-order chi connectivity index (χ0) is 18.4. The molecule has 26 heavy (non-hydrogen) atoms. The van der Waals surface area contributed by atoms with Crippen LogP contribution in [0.2, 0.25) is 0 Å². The molecule has 0 fully saturated rings. The number of thioether (sulfide) groups is 2. The number of anilines is 1. The van der Waals surface area contributed by atoms with Crippen molar-refractivity contribution in [3.05, 3.63) is 65.5 Å². The van der Waals surface area contributed by atoms with Gasteiger partial charge in [-0.2, -0.15) is 0 Å². The monoisotopic (exact) mass is 385 g/mol. The largest absolute Gasteiger partial charge is 0.407 e. The van der Waals surface area contributed by atoms with Crippen molar-refractivity contribution in [1.29, 1.82) is 0 Å². The summed E-state index contributed by atoms with van der Waals surface area (Å²) >= 11 is 3.38. The molecule has 3 aromatic rings. The van der Waals surface area contributed by atoms with Crippen LogP contribution in [0, 0.1) is 0 Å². The quantitative estimate of drug-likeness (QED) is 0.592. The number of hydrogen-bond donors (Lipinski definition) is 1. The number of amides is 1. The van der Waals surface area contributed by atoms with Gasteiger partial charge in [-0.3, -0.25) is 10.1 Å². The lowest BCUT2D eigenvalue weighted by atomic mass is 10.1. The molecule has 7 heteroatoms. The maximum absolute atomic E-state index is 12.3. The van der Waals surface area contributed by atoms with Gasteiger partial charge in [0.15, 0.2) is 0 Å². The van der Waals surface area contributed by atoms with Gasteiger partial charge in [0.05, 0.1) is 6.42 Å². The lowest BCUT2D eigenvalue weighted by Crippen LogP contribution is -2.12. The highest BCUT2D eigenvalue weighted by Gasteiger charge is 2.12. The Bertz CT molecular complexity index is 879. The number of hydrogen-bond acceptors (Lipinski definition) is 6. The first-order valence-electron chi connectivity index (χ1n) is 8.17. The number of benzene rings is 2. The summed E-state index contributed by atoms with van der Waals surface area (Å²) in [5.41, 5.74) is 1.64. The smallest absolute Gasteiger partial charge is 0.322 e. The minimum absolute atomic E-state index is 0.109. The van der Waals surface area contributed by atoms with Crippen molar-refractivity contribution in [2.24, 2.45) is 0 Å². The van der Waals surface area contributed by atoms with Crippen LogP contribution in [0.3, 0.4) is 0 Å². The molecule has 2 aromatic carbocycles. The van der Waals surface area contributed by atoms with Crippen molar-refractivity contribution < 1.29 is 9.21 Å². The number of carbonyl (C=O) groups excluding carboxylic acids is 1. The van der Waals surface area contributed by atoms with Crippen LogP contribution in [0.15, 0.2) is 62.7 Å². The van der Waals surface area contributed by atoms with Gasteiger partial charge in [0, 0.05) is 15.4 Å². The SMILES string of the molecule is CCSc1ccc(Cc2nnc(NC(=O)c3cccc(SC)c3)o2)cc1. The molecule has 5 nitrogen and oxygen atoms in total. The molecule has 1 N–H and O–H groups in total. The molecule has 1 aromatic heterocycles. The summed E-state index contributed by atoms with van der Waals surface area (Å²) in [6.45, 7) is 2.13. The molecule has 3 rings (SSSR count). The van der Waals surface area contributed by atoms with Crippen LogP contribution in [0.5, 0.6) is 0 Å². The molecule has 0 radical (unpaired) electrons. The van der Waals surface area contributed by atoms with Crippen LogP contribution in [-0.4, -0.2) is 28.1 Å². The summed E-state index contributed by atoms with van der Waals surface area (Å²) in [5.74, 6) is 1.25. The second-order valence-corrected chi connectivity index (χ2v) is 7.66. The fourth-order valence-electron chi connectivity index (χ4n) is 2.35. The van der Waals surface area contributed by atoms with Gasteiger partial charge >= 0.3 is 6.01 Å². The van der Waals surface area contributed by atoms with Gasteiger partial charge in [-0.15, -0.1) is 28.6 Å². The van der Waals surface area contributed by atoms with Crippen LogP contribution in [0.25, 0.3) is 0 Å². The van der Waals surface area contributed by atoms with Crippen molar-refractivity contribution in [2.75, 3.05) is 17.3 Å². The molecule has 0 saturated heterocycles. The van der Waals surface area contributed by atoms with E-state index >= 15 is 0 Å². The third-order valence-electron chi connectivity index (χ3n) is 3.61. The molecule has 0 atom stereocenters. The maximum atomic E-state index is 12.3. The number of nitrogens with zero attached hydrogens (tertiary/aromatic N) is 2. The molecule has 1 amide bonds. The van der Waals surface area contributed by atoms with E-state index in [-0.39, 0.29) is 11.9 Å². The summed E-state index contributed by atoms with van der Waals surface area (Å²) in [5, 5.41) is 10.6. The molecule has 0 aliphatic rings. The molecule has 0 spiro atoms. The predicted molar refractivity (Wildman–Crippen MR) is 106 cm³/mol. The van der Waals surface area contributed by atoms with Crippen molar-refractivity contribution in [3.63, 3.8) is 0 Å². The minimum atomic E-state index is -0.267. The highest BCUT2D eigenvalue weighted by molar-refractivity contribution is 7.99. The van der Waals surface area contributed by atoms with E-state index in [1.54, 1.807) is 29.6 Å². The fourth-order valence-corrected chi connectivity index (χ4v) is 3.48. The second kappa shape index (κ2) is 8.91. The number of rotatable bonds is 7. The van der Waals surface area contributed by atoms with E-state index in [2.05, 4.69) is 34.6 Å². The molecule has 134 valence electrons. The van der Waals surface area contributed by atoms with Crippen LogP contribution < -0.4 is 5.32 Å². The molecule has 1 heterocycles. The summed E-state index contributed by atoms with van der Waals surface area (Å²) in [6.07, 6.45) is 2.50. The number of nitrogens with one attached hydrogen (secondary N) is 1. The lowest BCUT2D eigenvalue weighted by Gasteiger charge is -2.02. The average Bonchev–Trinajstić information content (AvgIpc) is 3.10. The van der Waals surface area contributed by atoms with Crippen LogP contribution in [0.1, 0.15) is 28.7 Å². The second-order valence-electron chi connectivity index (χ2n) is 5.44. The van der Waals surface area contributed by atoms with E-state index in [9.17, 15) is 4.79 Å². The van der Waals surface area contributed by atoms with Crippen LogP contribution in [-0.2, 0) is 6.42 Å². The first-order chi connectivity index (χ1) is 12.7. The van der Waals surface area contributed by atoms with E-state index in [0.717, 1.165) is 16.2 Å². The maximum Gasteiger partial charge on any atom is 0.322 e. The van der Waals surface area contributed by atoms with Crippen LogP contribution >= 0.6 is 23.5 Å². The van der Waals surface area contributed by atoms with Gasteiger partial charge < -0.3 is 4.42 Å². The van der Waals surface area contributed by atoms with Gasteiger partial charge in [-0.1, -0.05) is 30.2 Å². The van der Waals surface area contributed by atoms with Crippen molar-refractivity contribution >= 4 is 35.4 Å². The first kappa shape index (κ1) is 18.5. The third-order valence-corrected chi connectivity index (χ3v) is 5.23. The predicted octanol–water partition coefficient (Wildman–Crippen LogP) is 4.75. The van der Waals surface area contributed by atoms with E-state index in [0.29, 0.717) is 17.9 Å². The fraction of sp³-hybridized carbons (Fsp3) is 0.211. The molecular formula is C19H19N3O2S2. The summed E-state index contributed by atoms with van der Waals surface area (Å²) in [4.78, 5) is 14.6. The van der Waals surface area contributed by atoms with E-state index in [1.165, 1.54) is 4.90 Å². The molecular weight excluding hydrogens is 366 g/mol. The van der Waals surface area contributed by atoms with E-state index in [1.807, 2.05) is 36.6 Å². The number of aromatic nitrogens is 2. The molecule has 0 unspecified atom stereocenters. The Morgan fingerprint density at radius 2 is 1.92 bits per heavy atom. The Hall–Kier alpha value is -2.25. The van der Waals surface area contributed by atoms with E-state index < -0.39 is 0 Å². The Kier molecular flexibility index (Phi) is 6.35. The van der Waals surface area contributed by atoms with Crippen LogP contribution in [0.4, 0.5) is 6.01 Å². The normalized spacial score (nSPS) is 10.7. The Labute approximate surface area is 161 Å². The van der Waals surface area contributed by atoms with Gasteiger partial charge in [0.2, 0.25) is 5.89 Å². The summed E-state index contributed by atoms with van der Waals surface area (Å²) in [7, 11) is 0. The topological polar surface area (TPSA) is 68.0 Å². The van der Waals surface area contributed by atoms with Gasteiger partial charge in [-0.05, 0) is 47.9 Å².